The number of halogens is 2. The summed E-state index contributed by atoms with van der Waals surface area (Å²) >= 11 is 3.44. The summed E-state index contributed by atoms with van der Waals surface area (Å²) in [6.45, 7) is 5.34. The van der Waals surface area contributed by atoms with E-state index in [0.717, 1.165) is 44.2 Å². The van der Waals surface area contributed by atoms with Crippen LogP contribution >= 0.6 is 15.9 Å². The first-order chi connectivity index (χ1) is 22.0. The number of nitrogens with one attached hydrogen (secondary N) is 1. The molecule has 0 aliphatic rings. The highest BCUT2D eigenvalue weighted by atomic mass is 79.9. The lowest BCUT2D eigenvalue weighted by Crippen LogP contribution is -2.54. The first-order valence-corrected chi connectivity index (χ1v) is 17.1. The third-order valence-corrected chi connectivity index (χ3v) is 9.40. The first kappa shape index (κ1) is 34.6. The van der Waals surface area contributed by atoms with Crippen molar-refractivity contribution < 1.29 is 27.1 Å². The van der Waals surface area contributed by atoms with Crippen molar-refractivity contribution in [3.8, 4) is 5.75 Å². The number of nitrogens with zero attached hydrogens (tertiary/aromatic N) is 2. The number of carbonyl (C=O) groups excluding carboxylic acids is 2. The molecule has 1 atom stereocenters. The maximum atomic E-state index is 14.5. The lowest BCUT2D eigenvalue weighted by atomic mass is 10.0. The van der Waals surface area contributed by atoms with Crippen molar-refractivity contribution in [3.05, 3.63) is 125 Å². The molecule has 0 bridgehead atoms. The molecule has 4 aromatic carbocycles. The topological polar surface area (TPSA) is 96.0 Å². The molecular formula is C35H37BrFN3O5S. The molecule has 0 fully saturated rings. The number of hydrogen-bond acceptors (Lipinski definition) is 5. The summed E-state index contributed by atoms with van der Waals surface area (Å²) < 4.78 is 49.3. The van der Waals surface area contributed by atoms with Crippen LogP contribution in [0, 0.1) is 5.82 Å². The van der Waals surface area contributed by atoms with E-state index in [4.69, 9.17) is 4.74 Å². The normalized spacial score (nSPS) is 12.0. The second kappa shape index (κ2) is 15.9. The summed E-state index contributed by atoms with van der Waals surface area (Å²) in [5.74, 6) is -1.02. The minimum atomic E-state index is -4.36. The van der Waals surface area contributed by atoms with Gasteiger partial charge in [0.2, 0.25) is 11.8 Å². The standard InChI is InChI=1S/C35H37BrFN3O5S/c1-4-45-31-18-16-30(17-19-31)40(46(43,44)32-20-14-29(37)15-21-32)24-34(41)39(23-27-10-12-28(36)13-11-27)33(35(42)38-25(2)3)22-26-8-6-5-7-9-26/h5-21,25,33H,4,22-24H2,1-3H3,(H,38,42)/t33-/m1/s1. The average Bonchev–Trinajstić information content (AvgIpc) is 3.03. The zero-order valence-electron chi connectivity index (χ0n) is 25.9. The number of anilines is 1. The fraction of sp³-hybridized carbons (Fsp3) is 0.257. The van der Waals surface area contributed by atoms with E-state index in [1.807, 2.05) is 75.4 Å². The van der Waals surface area contributed by atoms with Crippen LogP contribution < -0.4 is 14.4 Å². The number of rotatable bonds is 14. The predicted molar refractivity (Wildman–Crippen MR) is 180 cm³/mol. The smallest absolute Gasteiger partial charge is 0.264 e. The van der Waals surface area contributed by atoms with Gasteiger partial charge in [0.05, 0.1) is 17.2 Å². The molecule has 2 amide bonds. The first-order valence-electron chi connectivity index (χ1n) is 14.9. The molecule has 11 heteroatoms. The van der Waals surface area contributed by atoms with Crippen LogP contribution in [0.2, 0.25) is 0 Å². The summed E-state index contributed by atoms with van der Waals surface area (Å²) in [5.41, 5.74) is 1.79. The van der Waals surface area contributed by atoms with Crippen LogP contribution in [0.4, 0.5) is 10.1 Å². The zero-order chi connectivity index (χ0) is 33.3. The minimum absolute atomic E-state index is 0.0445. The lowest BCUT2D eigenvalue weighted by molar-refractivity contribution is -0.140. The van der Waals surface area contributed by atoms with Gasteiger partial charge in [0.15, 0.2) is 0 Å². The summed E-state index contributed by atoms with van der Waals surface area (Å²) in [7, 11) is -4.36. The average molecular weight is 711 g/mol. The molecule has 0 radical (unpaired) electrons. The van der Waals surface area contributed by atoms with Crippen molar-refractivity contribution in [2.75, 3.05) is 17.5 Å². The van der Waals surface area contributed by atoms with Gasteiger partial charge in [-0.05, 0) is 92.6 Å². The fourth-order valence-electron chi connectivity index (χ4n) is 4.86. The van der Waals surface area contributed by atoms with E-state index in [9.17, 15) is 22.4 Å². The summed E-state index contributed by atoms with van der Waals surface area (Å²) in [6, 6.07) is 26.3. The fourth-order valence-corrected chi connectivity index (χ4v) is 6.54. The van der Waals surface area contributed by atoms with Gasteiger partial charge in [-0.3, -0.25) is 13.9 Å². The van der Waals surface area contributed by atoms with Crippen LogP contribution in [-0.2, 0) is 32.6 Å². The molecule has 0 aliphatic carbocycles. The zero-order valence-corrected chi connectivity index (χ0v) is 28.3. The third kappa shape index (κ3) is 9.17. The second-order valence-corrected chi connectivity index (χ2v) is 13.7. The van der Waals surface area contributed by atoms with E-state index >= 15 is 0 Å². The van der Waals surface area contributed by atoms with E-state index in [2.05, 4.69) is 21.2 Å². The number of hydrogen-bond donors (Lipinski definition) is 1. The Morgan fingerprint density at radius 1 is 0.870 bits per heavy atom. The number of carbonyl (C=O) groups is 2. The molecule has 4 rings (SSSR count). The van der Waals surface area contributed by atoms with E-state index in [-0.39, 0.29) is 35.5 Å². The second-order valence-electron chi connectivity index (χ2n) is 10.9. The maximum Gasteiger partial charge on any atom is 0.264 e. The predicted octanol–water partition coefficient (Wildman–Crippen LogP) is 6.35. The Morgan fingerprint density at radius 3 is 2.09 bits per heavy atom. The van der Waals surface area contributed by atoms with Crippen molar-refractivity contribution in [3.63, 3.8) is 0 Å². The molecule has 0 heterocycles. The van der Waals surface area contributed by atoms with Gasteiger partial charge in [-0.1, -0.05) is 58.4 Å². The van der Waals surface area contributed by atoms with Crippen molar-refractivity contribution >= 4 is 43.5 Å². The highest BCUT2D eigenvalue weighted by Crippen LogP contribution is 2.27. The molecule has 0 saturated heterocycles. The Labute approximate surface area is 278 Å². The molecule has 4 aromatic rings. The lowest BCUT2D eigenvalue weighted by Gasteiger charge is -2.34. The monoisotopic (exact) mass is 709 g/mol. The number of amides is 2. The number of sulfonamides is 1. The largest absolute Gasteiger partial charge is 0.494 e. The number of ether oxygens (including phenoxy) is 1. The van der Waals surface area contributed by atoms with Crippen molar-refractivity contribution in [1.82, 2.24) is 10.2 Å². The summed E-state index contributed by atoms with van der Waals surface area (Å²) in [6.07, 6.45) is 0.204. The highest BCUT2D eigenvalue weighted by Gasteiger charge is 2.35. The van der Waals surface area contributed by atoms with Gasteiger partial charge < -0.3 is 15.0 Å². The van der Waals surface area contributed by atoms with E-state index in [0.29, 0.717) is 12.4 Å². The summed E-state index contributed by atoms with van der Waals surface area (Å²) in [5, 5.41) is 2.94. The van der Waals surface area contributed by atoms with Gasteiger partial charge >= 0.3 is 0 Å². The third-order valence-electron chi connectivity index (χ3n) is 7.08. The molecule has 0 aromatic heterocycles. The van der Waals surface area contributed by atoms with E-state index in [1.54, 1.807) is 24.3 Å². The van der Waals surface area contributed by atoms with Gasteiger partial charge in [0, 0.05) is 23.5 Å². The molecule has 242 valence electrons. The summed E-state index contributed by atoms with van der Waals surface area (Å²) in [4.78, 5) is 29.5. The molecule has 1 N–H and O–H groups in total. The quantitative estimate of drug-likeness (QED) is 0.165. The molecular weight excluding hydrogens is 673 g/mol. The van der Waals surface area contributed by atoms with Crippen LogP contribution in [0.3, 0.4) is 0 Å². The van der Waals surface area contributed by atoms with E-state index in [1.165, 1.54) is 4.90 Å². The molecule has 0 aliphatic heterocycles. The SMILES string of the molecule is CCOc1ccc(N(CC(=O)N(Cc2ccc(Br)cc2)[C@H](Cc2ccccc2)C(=O)NC(C)C)S(=O)(=O)c2ccc(F)cc2)cc1. The Hall–Kier alpha value is -4.22. The van der Waals surface area contributed by atoms with Crippen molar-refractivity contribution in [2.45, 2.75) is 50.7 Å². The van der Waals surface area contributed by atoms with Gasteiger partial charge in [-0.2, -0.15) is 0 Å². The Balaban J connectivity index is 1.80. The van der Waals surface area contributed by atoms with Crippen LogP contribution in [0.25, 0.3) is 0 Å². The van der Waals surface area contributed by atoms with Crippen LogP contribution in [0.1, 0.15) is 31.9 Å². The van der Waals surface area contributed by atoms with Crippen LogP contribution in [0.5, 0.6) is 5.75 Å². The Morgan fingerprint density at radius 2 is 1.50 bits per heavy atom. The minimum Gasteiger partial charge on any atom is -0.494 e. The van der Waals surface area contributed by atoms with Gasteiger partial charge in [0.1, 0.15) is 24.2 Å². The van der Waals surface area contributed by atoms with Crippen LogP contribution in [0.15, 0.2) is 112 Å². The van der Waals surface area contributed by atoms with Crippen LogP contribution in [-0.4, -0.2) is 50.4 Å². The number of benzene rings is 4. The van der Waals surface area contributed by atoms with Gasteiger partial charge in [-0.15, -0.1) is 0 Å². The van der Waals surface area contributed by atoms with Crippen molar-refractivity contribution in [2.24, 2.45) is 0 Å². The molecule has 8 nitrogen and oxygen atoms in total. The van der Waals surface area contributed by atoms with E-state index < -0.39 is 34.3 Å². The Kier molecular flexibility index (Phi) is 11.9. The maximum absolute atomic E-state index is 14.5. The van der Waals surface area contributed by atoms with Gasteiger partial charge in [-0.25, -0.2) is 12.8 Å². The highest BCUT2D eigenvalue weighted by molar-refractivity contribution is 9.10. The Bertz CT molecular complexity index is 1700. The molecule has 46 heavy (non-hydrogen) atoms. The molecule has 0 unspecified atom stereocenters. The molecule has 0 spiro atoms. The van der Waals surface area contributed by atoms with Gasteiger partial charge in [0.25, 0.3) is 10.0 Å². The van der Waals surface area contributed by atoms with Crippen molar-refractivity contribution in [1.29, 1.82) is 0 Å². The molecule has 0 saturated carbocycles.